The molecule has 0 radical (unpaired) electrons. The molecule has 0 atom stereocenters. The number of hydrogen-bond donors (Lipinski definition) is 1. The van der Waals surface area contributed by atoms with Crippen LogP contribution in [0.5, 0.6) is 11.5 Å². The van der Waals surface area contributed by atoms with Gasteiger partial charge in [-0.25, -0.2) is 9.78 Å². The number of carbonyl (C=O) groups is 1. The molecular formula is C17H13ClN2O5S. The monoisotopic (exact) mass is 392 g/mol. The van der Waals surface area contributed by atoms with Gasteiger partial charge < -0.3 is 14.6 Å². The van der Waals surface area contributed by atoms with Gasteiger partial charge in [0.05, 0.1) is 19.9 Å². The molecule has 134 valence electrons. The predicted octanol–water partition coefficient (Wildman–Crippen LogP) is 3.30. The molecule has 0 amide bonds. The van der Waals surface area contributed by atoms with Crippen molar-refractivity contribution in [3.05, 3.63) is 55.9 Å². The van der Waals surface area contributed by atoms with Crippen molar-refractivity contribution in [1.82, 2.24) is 9.38 Å². The number of para-hydroxylation sites is 1. The van der Waals surface area contributed by atoms with Crippen LogP contribution in [0.3, 0.4) is 0 Å². The van der Waals surface area contributed by atoms with Gasteiger partial charge in [0.15, 0.2) is 16.5 Å². The fourth-order valence-electron chi connectivity index (χ4n) is 2.36. The molecule has 26 heavy (non-hydrogen) atoms. The molecule has 0 spiro atoms. The minimum absolute atomic E-state index is 0.00117. The summed E-state index contributed by atoms with van der Waals surface area (Å²) in [6, 6.07) is 5.37. The molecule has 2 aromatic heterocycles. The fraction of sp³-hybridized carbons (Fsp3) is 0.118. The van der Waals surface area contributed by atoms with E-state index < -0.39 is 11.5 Å². The summed E-state index contributed by atoms with van der Waals surface area (Å²) in [7, 11) is 3.06. The average Bonchev–Trinajstić information content (AvgIpc) is 3.07. The predicted molar refractivity (Wildman–Crippen MR) is 99.8 cm³/mol. The number of ether oxygens (including phenoxy) is 2. The highest BCUT2D eigenvalue weighted by Crippen LogP contribution is 2.32. The summed E-state index contributed by atoms with van der Waals surface area (Å²) in [5, 5.41) is 8.97. The van der Waals surface area contributed by atoms with E-state index in [0.29, 0.717) is 17.1 Å². The van der Waals surface area contributed by atoms with E-state index in [1.54, 1.807) is 24.3 Å². The van der Waals surface area contributed by atoms with Crippen molar-refractivity contribution in [2.24, 2.45) is 0 Å². The van der Waals surface area contributed by atoms with Crippen molar-refractivity contribution in [3.8, 4) is 11.5 Å². The van der Waals surface area contributed by atoms with Crippen molar-refractivity contribution in [2.45, 2.75) is 0 Å². The number of hydrogen-bond acceptors (Lipinski definition) is 6. The molecule has 0 saturated heterocycles. The SMILES string of the molecule is COc1cccc(/C=C/c2nc3sc(C(=O)O)cn3c(=O)c2Cl)c1OC. The van der Waals surface area contributed by atoms with Crippen LogP contribution < -0.4 is 15.0 Å². The summed E-state index contributed by atoms with van der Waals surface area (Å²) < 4.78 is 11.7. The molecule has 0 aliphatic heterocycles. The number of nitrogens with zero attached hydrogens (tertiary/aromatic N) is 2. The van der Waals surface area contributed by atoms with Crippen molar-refractivity contribution < 1.29 is 19.4 Å². The second-order valence-corrected chi connectivity index (χ2v) is 6.47. The van der Waals surface area contributed by atoms with E-state index >= 15 is 0 Å². The van der Waals surface area contributed by atoms with Gasteiger partial charge in [-0.1, -0.05) is 35.1 Å². The first kappa shape index (κ1) is 18.0. The number of carboxylic acid groups (broad SMARTS) is 1. The van der Waals surface area contributed by atoms with Crippen molar-refractivity contribution in [1.29, 1.82) is 0 Å². The highest BCUT2D eigenvalue weighted by Gasteiger charge is 2.15. The van der Waals surface area contributed by atoms with Gasteiger partial charge >= 0.3 is 5.97 Å². The maximum atomic E-state index is 12.3. The Morgan fingerprint density at radius 3 is 2.73 bits per heavy atom. The first-order valence-corrected chi connectivity index (χ1v) is 8.49. The van der Waals surface area contributed by atoms with Crippen LogP contribution in [0.25, 0.3) is 17.1 Å². The Morgan fingerprint density at radius 2 is 2.08 bits per heavy atom. The Bertz CT molecular complexity index is 1090. The summed E-state index contributed by atoms with van der Waals surface area (Å²) in [6.45, 7) is 0. The standard InChI is InChI=1S/C17H13ClN2O5S/c1-24-11-5-3-4-9(14(11)25-2)6-7-10-13(18)15(21)20-8-12(16(22)23)26-17(20)19-10/h3-8H,1-2H3,(H,22,23)/b7-6+. The van der Waals surface area contributed by atoms with Gasteiger partial charge in [-0.3, -0.25) is 9.20 Å². The Balaban J connectivity index is 2.09. The first-order chi connectivity index (χ1) is 12.5. The first-order valence-electron chi connectivity index (χ1n) is 7.30. The highest BCUT2D eigenvalue weighted by atomic mass is 35.5. The molecule has 0 unspecified atom stereocenters. The number of thiazole rings is 1. The molecule has 0 aliphatic carbocycles. The summed E-state index contributed by atoms with van der Waals surface area (Å²) in [5.74, 6) is -0.0349. The van der Waals surface area contributed by atoms with Crippen molar-refractivity contribution in [2.75, 3.05) is 14.2 Å². The zero-order valence-corrected chi connectivity index (χ0v) is 15.3. The number of benzene rings is 1. The van der Waals surface area contributed by atoms with Crippen LogP contribution >= 0.6 is 22.9 Å². The second kappa shape index (κ2) is 7.19. The number of fused-ring (bicyclic) bond motifs is 1. The van der Waals surface area contributed by atoms with Gasteiger partial charge in [-0.2, -0.15) is 0 Å². The van der Waals surface area contributed by atoms with Crippen LogP contribution in [0.15, 0.2) is 29.2 Å². The maximum Gasteiger partial charge on any atom is 0.347 e. The third kappa shape index (κ3) is 3.16. The highest BCUT2D eigenvalue weighted by molar-refractivity contribution is 7.18. The van der Waals surface area contributed by atoms with E-state index in [1.165, 1.54) is 20.4 Å². The number of halogens is 1. The molecule has 2 heterocycles. The molecule has 0 fully saturated rings. The minimum atomic E-state index is -1.13. The van der Waals surface area contributed by atoms with Crippen LogP contribution in [-0.4, -0.2) is 34.7 Å². The van der Waals surface area contributed by atoms with Crippen molar-refractivity contribution >= 4 is 46.0 Å². The quantitative estimate of drug-likeness (QED) is 0.716. The molecule has 0 aliphatic rings. The fourth-order valence-corrected chi connectivity index (χ4v) is 3.37. The number of carboxylic acids is 1. The van der Waals surface area contributed by atoms with Crippen LogP contribution in [0.1, 0.15) is 20.9 Å². The molecule has 0 saturated carbocycles. The topological polar surface area (TPSA) is 90.1 Å². The van der Waals surface area contributed by atoms with Crippen LogP contribution in [0.2, 0.25) is 5.02 Å². The summed E-state index contributed by atoms with van der Waals surface area (Å²) in [5.41, 5.74) is 0.417. The maximum absolute atomic E-state index is 12.3. The van der Waals surface area contributed by atoms with E-state index in [1.807, 2.05) is 6.07 Å². The van der Waals surface area contributed by atoms with Gasteiger partial charge in [0.1, 0.15) is 9.90 Å². The summed E-state index contributed by atoms with van der Waals surface area (Å²) in [4.78, 5) is 28.0. The smallest absolute Gasteiger partial charge is 0.347 e. The van der Waals surface area contributed by atoms with E-state index in [-0.39, 0.29) is 20.6 Å². The van der Waals surface area contributed by atoms with E-state index in [2.05, 4.69) is 4.98 Å². The summed E-state index contributed by atoms with van der Waals surface area (Å²) in [6.07, 6.45) is 4.47. The zero-order chi connectivity index (χ0) is 18.8. The van der Waals surface area contributed by atoms with Crippen LogP contribution in [-0.2, 0) is 0 Å². The van der Waals surface area contributed by atoms with E-state index in [0.717, 1.165) is 15.7 Å². The molecule has 7 nitrogen and oxygen atoms in total. The van der Waals surface area contributed by atoms with Gasteiger partial charge in [-0.15, -0.1) is 0 Å². The van der Waals surface area contributed by atoms with Crippen LogP contribution in [0, 0.1) is 0 Å². The number of rotatable bonds is 5. The minimum Gasteiger partial charge on any atom is -0.493 e. The molecule has 1 N–H and O–H groups in total. The third-order valence-electron chi connectivity index (χ3n) is 3.57. The Labute approximate surface area is 156 Å². The molecule has 3 aromatic rings. The molecule has 0 bridgehead atoms. The Hall–Kier alpha value is -2.84. The lowest BCUT2D eigenvalue weighted by Crippen LogP contribution is -2.14. The number of aromatic carboxylic acids is 1. The average molecular weight is 393 g/mol. The van der Waals surface area contributed by atoms with Crippen molar-refractivity contribution in [3.63, 3.8) is 0 Å². The van der Waals surface area contributed by atoms with E-state index in [4.69, 9.17) is 26.2 Å². The van der Waals surface area contributed by atoms with Gasteiger partial charge in [0.2, 0.25) is 0 Å². The third-order valence-corrected chi connectivity index (χ3v) is 4.89. The molecule has 9 heteroatoms. The van der Waals surface area contributed by atoms with Gasteiger partial charge in [0.25, 0.3) is 5.56 Å². The molecule has 1 aromatic carbocycles. The van der Waals surface area contributed by atoms with Gasteiger partial charge in [0, 0.05) is 11.8 Å². The van der Waals surface area contributed by atoms with Gasteiger partial charge in [-0.05, 0) is 18.2 Å². The Morgan fingerprint density at radius 1 is 1.31 bits per heavy atom. The molecule has 3 rings (SSSR count). The lowest BCUT2D eigenvalue weighted by Gasteiger charge is -2.09. The largest absolute Gasteiger partial charge is 0.493 e. The number of methoxy groups -OCH3 is 2. The lowest BCUT2D eigenvalue weighted by atomic mass is 10.1. The normalized spacial score (nSPS) is 11.2. The zero-order valence-electron chi connectivity index (χ0n) is 13.7. The summed E-state index contributed by atoms with van der Waals surface area (Å²) >= 11 is 7.01. The second-order valence-electron chi connectivity index (χ2n) is 5.09. The lowest BCUT2D eigenvalue weighted by molar-refractivity contribution is 0.0701. The van der Waals surface area contributed by atoms with E-state index in [9.17, 15) is 9.59 Å². The number of aromatic nitrogens is 2. The Kier molecular flexibility index (Phi) is 4.97. The van der Waals surface area contributed by atoms with Crippen LogP contribution in [0.4, 0.5) is 0 Å². The molecular weight excluding hydrogens is 380 g/mol.